The van der Waals surface area contributed by atoms with Gasteiger partial charge in [-0.1, -0.05) is 24.3 Å². The molecule has 2 aromatic carbocycles. The van der Waals surface area contributed by atoms with Crippen LogP contribution in [-0.2, 0) is 17.8 Å². The molecule has 0 spiro atoms. The summed E-state index contributed by atoms with van der Waals surface area (Å²) in [5.74, 6) is 0.320. The van der Waals surface area contributed by atoms with Crippen LogP contribution in [0.3, 0.4) is 0 Å². The molecule has 30 heavy (non-hydrogen) atoms. The number of aliphatic imine (C=N–C) groups is 1. The second kappa shape index (κ2) is 12.3. The van der Waals surface area contributed by atoms with E-state index in [-0.39, 0.29) is 29.7 Å². The minimum Gasteiger partial charge on any atom is -0.484 e. The number of alkyl halides is 3. The van der Waals surface area contributed by atoms with Crippen LogP contribution in [0.15, 0.2) is 53.5 Å². The predicted octanol–water partition coefficient (Wildman–Crippen LogP) is 3.90. The number of halogens is 4. The number of rotatable bonds is 7. The Morgan fingerprint density at radius 3 is 1.90 bits per heavy atom. The van der Waals surface area contributed by atoms with Crippen LogP contribution in [0.1, 0.15) is 21.5 Å². The molecule has 0 saturated carbocycles. The molecule has 0 amide bonds. The Morgan fingerprint density at radius 1 is 0.967 bits per heavy atom. The average Bonchev–Trinajstić information content (AvgIpc) is 2.72. The van der Waals surface area contributed by atoms with Gasteiger partial charge in [-0.05, 0) is 35.4 Å². The van der Waals surface area contributed by atoms with Crippen LogP contribution in [-0.4, -0.2) is 38.9 Å². The SMILES string of the molecule is CN=C(NCc1ccc(OCC(F)(F)F)cc1)NCc1ccc(C(=O)OC)cc1.I. The third-order valence-electron chi connectivity index (χ3n) is 3.84. The van der Waals surface area contributed by atoms with Crippen LogP contribution in [0.4, 0.5) is 13.2 Å². The van der Waals surface area contributed by atoms with Gasteiger partial charge < -0.3 is 20.1 Å². The van der Waals surface area contributed by atoms with Gasteiger partial charge in [0.05, 0.1) is 12.7 Å². The predicted molar refractivity (Wildman–Crippen MR) is 118 cm³/mol. The van der Waals surface area contributed by atoms with Gasteiger partial charge in [0, 0.05) is 20.1 Å². The van der Waals surface area contributed by atoms with Crippen molar-refractivity contribution in [3.63, 3.8) is 0 Å². The molecule has 0 saturated heterocycles. The molecule has 10 heteroatoms. The van der Waals surface area contributed by atoms with Crippen LogP contribution in [0, 0.1) is 0 Å². The first-order chi connectivity index (χ1) is 13.8. The van der Waals surface area contributed by atoms with E-state index in [1.165, 1.54) is 19.2 Å². The van der Waals surface area contributed by atoms with E-state index in [0.29, 0.717) is 24.6 Å². The molecule has 0 fully saturated rings. The van der Waals surface area contributed by atoms with Crippen molar-refractivity contribution in [2.45, 2.75) is 19.3 Å². The Morgan fingerprint density at radius 2 is 1.47 bits per heavy atom. The maximum atomic E-state index is 12.2. The van der Waals surface area contributed by atoms with Gasteiger partial charge in [0.1, 0.15) is 5.75 Å². The zero-order valence-electron chi connectivity index (χ0n) is 16.5. The first-order valence-electron chi connectivity index (χ1n) is 8.71. The van der Waals surface area contributed by atoms with Crippen LogP contribution in [0.5, 0.6) is 5.75 Å². The van der Waals surface area contributed by atoms with Crippen molar-refractivity contribution in [3.05, 3.63) is 65.2 Å². The zero-order chi connectivity index (χ0) is 21.3. The van der Waals surface area contributed by atoms with E-state index < -0.39 is 18.8 Å². The van der Waals surface area contributed by atoms with E-state index in [9.17, 15) is 18.0 Å². The van der Waals surface area contributed by atoms with Crippen LogP contribution in [0.25, 0.3) is 0 Å². The summed E-state index contributed by atoms with van der Waals surface area (Å²) in [6.45, 7) is -0.395. The lowest BCUT2D eigenvalue weighted by Crippen LogP contribution is -2.36. The molecule has 164 valence electrons. The van der Waals surface area contributed by atoms with E-state index in [2.05, 4.69) is 25.1 Å². The molecular weight excluding hydrogens is 514 g/mol. The lowest BCUT2D eigenvalue weighted by molar-refractivity contribution is -0.153. The largest absolute Gasteiger partial charge is 0.484 e. The van der Waals surface area contributed by atoms with E-state index in [1.807, 2.05) is 12.1 Å². The number of nitrogens with one attached hydrogen (secondary N) is 2. The maximum absolute atomic E-state index is 12.2. The van der Waals surface area contributed by atoms with Crippen LogP contribution in [0.2, 0.25) is 0 Å². The number of carbonyl (C=O) groups excluding carboxylic acids is 1. The molecule has 0 bridgehead atoms. The highest BCUT2D eigenvalue weighted by atomic mass is 127. The van der Waals surface area contributed by atoms with Crippen molar-refractivity contribution >= 4 is 35.9 Å². The van der Waals surface area contributed by atoms with Gasteiger partial charge in [-0.15, -0.1) is 24.0 Å². The summed E-state index contributed by atoms with van der Waals surface area (Å²) < 4.78 is 45.8. The smallest absolute Gasteiger partial charge is 0.422 e. The molecule has 0 aliphatic carbocycles. The number of esters is 1. The monoisotopic (exact) mass is 537 g/mol. The van der Waals surface area contributed by atoms with Gasteiger partial charge in [-0.25, -0.2) is 4.79 Å². The minimum atomic E-state index is -4.36. The molecule has 0 radical (unpaired) electrons. The summed E-state index contributed by atoms with van der Waals surface area (Å²) in [6, 6.07) is 13.3. The summed E-state index contributed by atoms with van der Waals surface area (Å²) in [5.41, 5.74) is 2.28. The number of ether oxygens (including phenoxy) is 2. The van der Waals surface area contributed by atoms with Gasteiger partial charge >= 0.3 is 12.1 Å². The van der Waals surface area contributed by atoms with Crippen molar-refractivity contribution in [2.75, 3.05) is 20.8 Å². The highest BCUT2D eigenvalue weighted by Gasteiger charge is 2.28. The van der Waals surface area contributed by atoms with E-state index in [1.54, 1.807) is 31.3 Å². The number of hydrogen-bond acceptors (Lipinski definition) is 4. The molecule has 2 aromatic rings. The second-order valence-corrected chi connectivity index (χ2v) is 6.02. The van der Waals surface area contributed by atoms with Crippen molar-refractivity contribution in [3.8, 4) is 5.75 Å². The highest BCUT2D eigenvalue weighted by molar-refractivity contribution is 14.0. The number of methoxy groups -OCH3 is 1. The minimum absolute atomic E-state index is 0. The molecule has 2 N–H and O–H groups in total. The molecule has 0 heterocycles. The Balaban J connectivity index is 0.00000450. The van der Waals surface area contributed by atoms with Gasteiger partial charge in [0.2, 0.25) is 0 Å². The number of carbonyl (C=O) groups is 1. The van der Waals surface area contributed by atoms with Crippen molar-refractivity contribution < 1.29 is 27.4 Å². The molecular formula is C20H23F3IN3O3. The fraction of sp³-hybridized carbons (Fsp3) is 0.300. The molecule has 0 unspecified atom stereocenters. The molecule has 0 atom stereocenters. The van der Waals surface area contributed by atoms with Gasteiger partial charge in [0.15, 0.2) is 12.6 Å². The van der Waals surface area contributed by atoms with Crippen molar-refractivity contribution in [2.24, 2.45) is 4.99 Å². The lowest BCUT2D eigenvalue weighted by atomic mass is 10.1. The Bertz CT molecular complexity index is 826. The number of hydrogen-bond donors (Lipinski definition) is 2. The van der Waals surface area contributed by atoms with E-state index >= 15 is 0 Å². The first kappa shape index (κ1) is 25.5. The third kappa shape index (κ3) is 8.89. The Kier molecular flexibility index (Phi) is 10.4. The number of nitrogens with zero attached hydrogens (tertiary/aromatic N) is 1. The van der Waals surface area contributed by atoms with Gasteiger partial charge in [0.25, 0.3) is 0 Å². The Labute approximate surface area is 189 Å². The van der Waals surface area contributed by atoms with E-state index in [4.69, 9.17) is 0 Å². The summed E-state index contributed by atoms with van der Waals surface area (Å²) in [6.07, 6.45) is -4.36. The van der Waals surface area contributed by atoms with Gasteiger partial charge in [-0.2, -0.15) is 13.2 Å². The molecule has 0 aromatic heterocycles. The summed E-state index contributed by atoms with van der Waals surface area (Å²) in [5, 5.41) is 6.25. The van der Waals surface area contributed by atoms with Crippen LogP contribution >= 0.6 is 24.0 Å². The average molecular weight is 537 g/mol. The molecule has 0 aliphatic rings. The summed E-state index contributed by atoms with van der Waals surface area (Å²) in [4.78, 5) is 15.6. The maximum Gasteiger partial charge on any atom is 0.422 e. The van der Waals surface area contributed by atoms with Crippen molar-refractivity contribution in [1.29, 1.82) is 0 Å². The lowest BCUT2D eigenvalue weighted by Gasteiger charge is -2.13. The molecule has 0 aliphatic heterocycles. The fourth-order valence-corrected chi connectivity index (χ4v) is 2.34. The molecule has 2 rings (SSSR count). The quantitative estimate of drug-likeness (QED) is 0.243. The van der Waals surface area contributed by atoms with E-state index in [0.717, 1.165) is 11.1 Å². The fourth-order valence-electron chi connectivity index (χ4n) is 2.34. The second-order valence-electron chi connectivity index (χ2n) is 6.02. The van der Waals surface area contributed by atoms with Gasteiger partial charge in [-0.3, -0.25) is 4.99 Å². The zero-order valence-corrected chi connectivity index (χ0v) is 18.8. The molecule has 6 nitrogen and oxygen atoms in total. The Hall–Kier alpha value is -2.50. The number of guanidine groups is 1. The summed E-state index contributed by atoms with van der Waals surface area (Å²) in [7, 11) is 2.96. The third-order valence-corrected chi connectivity index (χ3v) is 3.84. The highest BCUT2D eigenvalue weighted by Crippen LogP contribution is 2.18. The normalized spacial score (nSPS) is 11.3. The van der Waals surface area contributed by atoms with Crippen LogP contribution < -0.4 is 15.4 Å². The van der Waals surface area contributed by atoms with Crippen molar-refractivity contribution in [1.82, 2.24) is 10.6 Å². The topological polar surface area (TPSA) is 72.0 Å². The standard InChI is InChI=1S/C20H22F3N3O3.HI/c1-24-19(25-11-14-3-7-16(8-4-14)18(27)28-2)26-12-15-5-9-17(10-6-15)29-13-20(21,22)23;/h3-10H,11-13H2,1-2H3,(H2,24,25,26);1H. The number of benzene rings is 2. The first-order valence-corrected chi connectivity index (χ1v) is 8.71. The summed E-state index contributed by atoms with van der Waals surface area (Å²) >= 11 is 0.